The lowest BCUT2D eigenvalue weighted by Crippen LogP contribution is -2.61. The largest absolute Gasteiger partial charge is 0.469 e. The summed E-state index contributed by atoms with van der Waals surface area (Å²) in [5.41, 5.74) is -1.04. The SMILES string of the molecule is COC(=O)CC[C@@H](C)[C@@]1(O)CC[C@H]2[C@@H]3C[C@H](OC(C)=O)[C@@H]4C[C@H](OC(C)=O)CC[C@]4(C)[C@H]3CC[C@@]21C. The summed E-state index contributed by atoms with van der Waals surface area (Å²) in [4.78, 5) is 35.6. The number of ether oxygens (including phenoxy) is 3. The molecular weight excluding hydrogens is 460 g/mol. The summed E-state index contributed by atoms with van der Waals surface area (Å²) in [6, 6.07) is 0. The highest BCUT2D eigenvalue weighted by Gasteiger charge is 2.67. The van der Waals surface area contributed by atoms with Crippen molar-refractivity contribution in [2.45, 2.75) is 117 Å². The lowest BCUT2D eigenvalue weighted by Gasteiger charge is -2.63. The lowest BCUT2D eigenvalue weighted by molar-refractivity contribution is -0.209. The molecule has 204 valence electrons. The van der Waals surface area contributed by atoms with Crippen LogP contribution in [0.4, 0.5) is 0 Å². The fraction of sp³-hybridized carbons (Fsp3) is 0.897. The number of carbonyl (C=O) groups is 3. The number of carbonyl (C=O) groups excluding carboxylic acids is 3. The van der Waals surface area contributed by atoms with E-state index in [9.17, 15) is 19.5 Å². The minimum absolute atomic E-state index is 0.00138. The van der Waals surface area contributed by atoms with Gasteiger partial charge in [0, 0.05) is 26.2 Å². The summed E-state index contributed by atoms with van der Waals surface area (Å²) in [7, 11) is 1.41. The Bertz CT molecular complexity index is 872. The zero-order valence-corrected chi connectivity index (χ0v) is 23.0. The predicted octanol–water partition coefficient (Wildman–Crippen LogP) is 4.82. The molecule has 1 N–H and O–H groups in total. The second-order valence-electron chi connectivity index (χ2n) is 12.8. The molecule has 7 nitrogen and oxygen atoms in total. The van der Waals surface area contributed by atoms with Gasteiger partial charge >= 0.3 is 17.9 Å². The Kier molecular flexibility index (Phi) is 7.55. The molecule has 4 aliphatic carbocycles. The van der Waals surface area contributed by atoms with E-state index < -0.39 is 5.60 Å². The Morgan fingerprint density at radius 3 is 2.22 bits per heavy atom. The molecule has 36 heavy (non-hydrogen) atoms. The summed E-state index contributed by atoms with van der Waals surface area (Å²) in [5.74, 6) is 0.662. The normalized spacial score (nSPS) is 44.4. The number of methoxy groups -OCH3 is 1. The summed E-state index contributed by atoms with van der Waals surface area (Å²) >= 11 is 0. The van der Waals surface area contributed by atoms with Gasteiger partial charge in [0.2, 0.25) is 0 Å². The molecule has 0 aromatic rings. The van der Waals surface area contributed by atoms with Crippen molar-refractivity contribution in [3.05, 3.63) is 0 Å². The van der Waals surface area contributed by atoms with Crippen LogP contribution < -0.4 is 0 Å². The van der Waals surface area contributed by atoms with Gasteiger partial charge in [-0.2, -0.15) is 0 Å². The number of hydrogen-bond acceptors (Lipinski definition) is 7. The van der Waals surface area contributed by atoms with Crippen LogP contribution in [0, 0.1) is 40.4 Å². The Morgan fingerprint density at radius 1 is 0.917 bits per heavy atom. The number of esters is 3. The third-order valence-corrected chi connectivity index (χ3v) is 11.3. The predicted molar refractivity (Wildman–Crippen MR) is 134 cm³/mol. The molecule has 7 heteroatoms. The van der Waals surface area contributed by atoms with Crippen molar-refractivity contribution in [3.63, 3.8) is 0 Å². The zero-order valence-electron chi connectivity index (χ0n) is 23.0. The van der Waals surface area contributed by atoms with Gasteiger partial charge in [0.15, 0.2) is 0 Å². The molecule has 0 unspecified atom stereocenters. The van der Waals surface area contributed by atoms with E-state index >= 15 is 0 Å². The van der Waals surface area contributed by atoms with Crippen molar-refractivity contribution in [2.75, 3.05) is 7.11 Å². The Balaban J connectivity index is 1.60. The van der Waals surface area contributed by atoms with E-state index in [1.165, 1.54) is 21.0 Å². The first-order chi connectivity index (χ1) is 16.9. The van der Waals surface area contributed by atoms with Gasteiger partial charge in [0.05, 0.1) is 12.7 Å². The van der Waals surface area contributed by atoms with Crippen LogP contribution in [0.3, 0.4) is 0 Å². The smallest absolute Gasteiger partial charge is 0.305 e. The van der Waals surface area contributed by atoms with Crippen molar-refractivity contribution in [1.29, 1.82) is 0 Å². The average Bonchev–Trinajstić information content (AvgIpc) is 3.09. The van der Waals surface area contributed by atoms with E-state index in [2.05, 4.69) is 20.8 Å². The van der Waals surface area contributed by atoms with E-state index in [1.54, 1.807) is 0 Å². The summed E-state index contributed by atoms with van der Waals surface area (Å²) in [5, 5.41) is 12.1. The van der Waals surface area contributed by atoms with Crippen LogP contribution in [-0.4, -0.2) is 47.9 Å². The van der Waals surface area contributed by atoms with Gasteiger partial charge in [-0.05, 0) is 92.3 Å². The Morgan fingerprint density at radius 2 is 1.58 bits per heavy atom. The first-order valence-electron chi connectivity index (χ1n) is 14.0. The molecule has 10 atom stereocenters. The van der Waals surface area contributed by atoms with Crippen molar-refractivity contribution in [1.82, 2.24) is 0 Å². The average molecular weight is 507 g/mol. The first kappa shape index (κ1) is 27.4. The molecule has 4 rings (SSSR count). The Labute approximate surface area is 216 Å². The molecule has 0 aromatic carbocycles. The molecule has 4 saturated carbocycles. The molecule has 0 heterocycles. The maximum Gasteiger partial charge on any atom is 0.305 e. The molecule has 0 spiro atoms. The van der Waals surface area contributed by atoms with Crippen LogP contribution in [-0.2, 0) is 28.6 Å². The fourth-order valence-electron chi connectivity index (χ4n) is 9.45. The van der Waals surface area contributed by atoms with Crippen LogP contribution >= 0.6 is 0 Å². The van der Waals surface area contributed by atoms with Crippen molar-refractivity contribution < 1.29 is 33.7 Å². The summed E-state index contributed by atoms with van der Waals surface area (Å²) in [6.45, 7) is 9.67. The number of aliphatic hydroxyl groups is 1. The maximum absolute atomic E-state index is 12.2. The molecule has 0 aromatic heterocycles. The van der Waals surface area contributed by atoms with Crippen LogP contribution in [0.15, 0.2) is 0 Å². The van der Waals surface area contributed by atoms with Gasteiger partial charge in [-0.1, -0.05) is 20.8 Å². The molecule has 0 aliphatic heterocycles. The number of hydrogen-bond donors (Lipinski definition) is 1. The van der Waals surface area contributed by atoms with E-state index in [1.807, 2.05) is 0 Å². The second-order valence-corrected chi connectivity index (χ2v) is 12.8. The Hall–Kier alpha value is -1.63. The minimum atomic E-state index is -0.821. The highest BCUT2D eigenvalue weighted by Crippen LogP contribution is 2.69. The highest BCUT2D eigenvalue weighted by molar-refractivity contribution is 5.69. The third-order valence-electron chi connectivity index (χ3n) is 11.3. The summed E-state index contributed by atoms with van der Waals surface area (Å²) in [6.07, 6.45) is 7.70. The monoisotopic (exact) mass is 506 g/mol. The van der Waals surface area contributed by atoms with Gasteiger partial charge in [-0.25, -0.2) is 0 Å². The van der Waals surface area contributed by atoms with Crippen LogP contribution in [0.5, 0.6) is 0 Å². The molecule has 4 aliphatic rings. The molecule has 0 saturated heterocycles. The minimum Gasteiger partial charge on any atom is -0.469 e. The zero-order chi connectivity index (χ0) is 26.5. The first-order valence-corrected chi connectivity index (χ1v) is 14.0. The van der Waals surface area contributed by atoms with Gasteiger partial charge in [-0.15, -0.1) is 0 Å². The van der Waals surface area contributed by atoms with Crippen molar-refractivity contribution in [2.24, 2.45) is 40.4 Å². The molecule has 0 bridgehead atoms. The van der Waals surface area contributed by atoms with Gasteiger partial charge in [0.25, 0.3) is 0 Å². The fourth-order valence-corrected chi connectivity index (χ4v) is 9.45. The standard InChI is InChI=1S/C29H46O7/c1-17(7-8-26(32)34-6)29(33)14-11-23-21-16-25(36-19(3)31)24-15-20(35-18(2)30)9-12-27(24,4)22(21)10-13-28(23,29)5/h17,20-25,33H,7-16H2,1-6H3/t17-,20-,21-,22+,23+,24+,25+,27-,28+,29+/m1/s1. The van der Waals surface area contributed by atoms with Crippen LogP contribution in [0.25, 0.3) is 0 Å². The van der Waals surface area contributed by atoms with Crippen molar-refractivity contribution >= 4 is 17.9 Å². The van der Waals surface area contributed by atoms with Crippen LogP contribution in [0.1, 0.15) is 98.8 Å². The third kappa shape index (κ3) is 4.48. The van der Waals surface area contributed by atoms with E-state index in [0.29, 0.717) is 30.6 Å². The van der Waals surface area contributed by atoms with Gasteiger partial charge in [-0.3, -0.25) is 14.4 Å². The van der Waals surface area contributed by atoms with E-state index in [0.717, 1.165) is 51.4 Å². The van der Waals surface area contributed by atoms with E-state index in [-0.39, 0.29) is 52.8 Å². The molecule has 0 amide bonds. The van der Waals surface area contributed by atoms with Crippen LogP contribution in [0.2, 0.25) is 0 Å². The highest BCUT2D eigenvalue weighted by atomic mass is 16.5. The van der Waals surface area contributed by atoms with Gasteiger partial charge in [0.1, 0.15) is 12.2 Å². The maximum atomic E-state index is 12.2. The quantitative estimate of drug-likeness (QED) is 0.407. The second kappa shape index (κ2) is 9.92. The number of fused-ring (bicyclic) bond motifs is 5. The molecule has 0 radical (unpaired) electrons. The van der Waals surface area contributed by atoms with Crippen molar-refractivity contribution in [3.8, 4) is 0 Å². The molecular formula is C29H46O7. The lowest BCUT2D eigenvalue weighted by atomic mass is 9.43. The summed E-state index contributed by atoms with van der Waals surface area (Å²) < 4.78 is 16.5. The van der Waals surface area contributed by atoms with Gasteiger partial charge < -0.3 is 19.3 Å². The molecule has 4 fully saturated rings. The van der Waals surface area contributed by atoms with E-state index in [4.69, 9.17) is 14.2 Å². The topological polar surface area (TPSA) is 99.1 Å². The number of rotatable bonds is 6.